The SMILES string of the molecule is CN(CCCNC(=O)C(C)(C)CN)Cc1ccccc1. The summed E-state index contributed by atoms with van der Waals surface area (Å²) in [6, 6.07) is 10.4. The molecule has 3 N–H and O–H groups in total. The molecule has 0 radical (unpaired) electrons. The summed E-state index contributed by atoms with van der Waals surface area (Å²) in [5, 5.41) is 2.95. The second-order valence-electron chi connectivity index (χ2n) is 5.92. The Kier molecular flexibility index (Phi) is 6.68. The standard InChI is InChI=1S/C16H27N3O/c1-16(2,13-17)15(20)18-10-7-11-19(3)12-14-8-5-4-6-9-14/h4-6,8-9H,7,10-13,17H2,1-3H3,(H,18,20). The predicted octanol–water partition coefficient (Wildman–Crippen LogP) is 1.61. The first-order chi connectivity index (χ1) is 9.45. The molecule has 1 aromatic rings. The Labute approximate surface area is 122 Å². The van der Waals surface area contributed by atoms with Gasteiger partial charge in [0.2, 0.25) is 5.91 Å². The largest absolute Gasteiger partial charge is 0.356 e. The van der Waals surface area contributed by atoms with E-state index in [0.717, 1.165) is 19.5 Å². The van der Waals surface area contributed by atoms with E-state index in [1.807, 2.05) is 19.9 Å². The number of carbonyl (C=O) groups excluding carboxylic acids is 1. The molecule has 4 nitrogen and oxygen atoms in total. The number of hydrogen-bond donors (Lipinski definition) is 2. The fourth-order valence-corrected chi connectivity index (χ4v) is 1.86. The molecule has 0 heterocycles. The van der Waals surface area contributed by atoms with E-state index in [1.54, 1.807) is 0 Å². The third-order valence-electron chi connectivity index (χ3n) is 3.42. The van der Waals surface area contributed by atoms with Crippen molar-refractivity contribution in [1.29, 1.82) is 0 Å². The van der Waals surface area contributed by atoms with E-state index in [0.29, 0.717) is 13.1 Å². The first-order valence-corrected chi connectivity index (χ1v) is 7.16. The van der Waals surface area contributed by atoms with Crippen LogP contribution in [0.2, 0.25) is 0 Å². The van der Waals surface area contributed by atoms with Gasteiger partial charge in [0.05, 0.1) is 5.41 Å². The molecule has 1 amide bonds. The van der Waals surface area contributed by atoms with Gasteiger partial charge in [0.25, 0.3) is 0 Å². The molecule has 0 aromatic heterocycles. The number of hydrogen-bond acceptors (Lipinski definition) is 3. The van der Waals surface area contributed by atoms with E-state index < -0.39 is 5.41 Å². The zero-order chi connectivity index (χ0) is 15.0. The molecule has 1 rings (SSSR count). The summed E-state index contributed by atoms with van der Waals surface area (Å²) in [7, 11) is 2.10. The van der Waals surface area contributed by atoms with Crippen LogP contribution in [-0.4, -0.2) is 37.5 Å². The number of rotatable bonds is 8. The predicted molar refractivity (Wildman–Crippen MR) is 83.2 cm³/mol. The fraction of sp³-hybridized carbons (Fsp3) is 0.562. The molecule has 0 saturated heterocycles. The van der Waals surface area contributed by atoms with Crippen molar-refractivity contribution in [2.24, 2.45) is 11.1 Å². The fourth-order valence-electron chi connectivity index (χ4n) is 1.86. The van der Waals surface area contributed by atoms with Crippen LogP contribution >= 0.6 is 0 Å². The van der Waals surface area contributed by atoms with Crippen LogP contribution in [0.25, 0.3) is 0 Å². The van der Waals surface area contributed by atoms with Gasteiger partial charge < -0.3 is 16.0 Å². The van der Waals surface area contributed by atoms with E-state index in [4.69, 9.17) is 5.73 Å². The number of benzene rings is 1. The number of nitrogens with one attached hydrogen (secondary N) is 1. The quantitative estimate of drug-likeness (QED) is 0.710. The average molecular weight is 277 g/mol. The molecule has 0 aliphatic heterocycles. The minimum absolute atomic E-state index is 0.0331. The highest BCUT2D eigenvalue weighted by atomic mass is 16.2. The van der Waals surface area contributed by atoms with Crippen LogP contribution in [0.1, 0.15) is 25.8 Å². The lowest BCUT2D eigenvalue weighted by Crippen LogP contribution is -2.42. The Morgan fingerprint density at radius 2 is 1.95 bits per heavy atom. The van der Waals surface area contributed by atoms with Gasteiger partial charge in [0.15, 0.2) is 0 Å². The highest BCUT2D eigenvalue weighted by molar-refractivity contribution is 5.81. The second-order valence-corrected chi connectivity index (χ2v) is 5.92. The zero-order valence-electron chi connectivity index (χ0n) is 12.9. The summed E-state index contributed by atoms with van der Waals surface area (Å²) >= 11 is 0. The molecule has 0 bridgehead atoms. The van der Waals surface area contributed by atoms with Crippen LogP contribution in [0.15, 0.2) is 30.3 Å². The third-order valence-corrected chi connectivity index (χ3v) is 3.42. The summed E-state index contributed by atoms with van der Waals surface area (Å²) in [4.78, 5) is 14.1. The Morgan fingerprint density at radius 3 is 2.55 bits per heavy atom. The molecule has 0 aliphatic carbocycles. The van der Waals surface area contributed by atoms with Crippen molar-refractivity contribution in [1.82, 2.24) is 10.2 Å². The van der Waals surface area contributed by atoms with E-state index in [2.05, 4.69) is 41.5 Å². The van der Waals surface area contributed by atoms with Gasteiger partial charge in [-0.2, -0.15) is 0 Å². The molecule has 1 aromatic carbocycles. The Morgan fingerprint density at radius 1 is 1.30 bits per heavy atom. The maximum atomic E-state index is 11.8. The molecule has 20 heavy (non-hydrogen) atoms. The van der Waals surface area contributed by atoms with Crippen molar-refractivity contribution in [3.63, 3.8) is 0 Å². The van der Waals surface area contributed by atoms with Crippen LogP contribution in [0, 0.1) is 5.41 Å². The highest BCUT2D eigenvalue weighted by Gasteiger charge is 2.24. The summed E-state index contributed by atoms with van der Waals surface area (Å²) in [6.07, 6.45) is 0.940. The topological polar surface area (TPSA) is 58.4 Å². The summed E-state index contributed by atoms with van der Waals surface area (Å²) in [5.41, 5.74) is 6.41. The number of amides is 1. The van der Waals surface area contributed by atoms with Crippen molar-refractivity contribution < 1.29 is 4.79 Å². The molecule has 4 heteroatoms. The summed E-state index contributed by atoms with van der Waals surface area (Å²) < 4.78 is 0. The van der Waals surface area contributed by atoms with Crippen molar-refractivity contribution in [3.8, 4) is 0 Å². The number of carbonyl (C=O) groups is 1. The van der Waals surface area contributed by atoms with Gasteiger partial charge in [-0.05, 0) is 39.4 Å². The minimum Gasteiger partial charge on any atom is -0.356 e. The van der Waals surface area contributed by atoms with Gasteiger partial charge in [0, 0.05) is 19.6 Å². The third kappa shape index (κ3) is 5.72. The van der Waals surface area contributed by atoms with Crippen molar-refractivity contribution in [2.45, 2.75) is 26.8 Å². The summed E-state index contributed by atoms with van der Waals surface area (Å²) in [6.45, 7) is 6.68. The van der Waals surface area contributed by atoms with Gasteiger partial charge in [0.1, 0.15) is 0 Å². The van der Waals surface area contributed by atoms with Gasteiger partial charge in [-0.3, -0.25) is 4.79 Å². The van der Waals surface area contributed by atoms with Crippen molar-refractivity contribution >= 4 is 5.91 Å². The summed E-state index contributed by atoms with van der Waals surface area (Å²) in [5.74, 6) is 0.0331. The first-order valence-electron chi connectivity index (χ1n) is 7.16. The van der Waals surface area contributed by atoms with Crippen LogP contribution in [-0.2, 0) is 11.3 Å². The van der Waals surface area contributed by atoms with Gasteiger partial charge in [-0.25, -0.2) is 0 Å². The maximum Gasteiger partial charge on any atom is 0.226 e. The minimum atomic E-state index is -0.476. The monoisotopic (exact) mass is 277 g/mol. The molecule has 0 fully saturated rings. The van der Waals surface area contributed by atoms with Crippen molar-refractivity contribution in [2.75, 3.05) is 26.7 Å². The van der Waals surface area contributed by atoms with E-state index in [9.17, 15) is 4.79 Å². The normalized spacial score (nSPS) is 11.7. The number of nitrogens with two attached hydrogens (primary N) is 1. The second kappa shape index (κ2) is 8.02. The molecule has 0 unspecified atom stereocenters. The lowest BCUT2D eigenvalue weighted by Gasteiger charge is -2.22. The molecule has 0 saturated carbocycles. The lowest BCUT2D eigenvalue weighted by atomic mass is 9.93. The molecule has 0 atom stereocenters. The Balaban J connectivity index is 2.20. The van der Waals surface area contributed by atoms with Gasteiger partial charge in [-0.15, -0.1) is 0 Å². The van der Waals surface area contributed by atoms with Crippen LogP contribution in [0.3, 0.4) is 0 Å². The average Bonchev–Trinajstić information content (AvgIpc) is 2.44. The van der Waals surface area contributed by atoms with E-state index in [-0.39, 0.29) is 5.91 Å². The zero-order valence-corrected chi connectivity index (χ0v) is 12.9. The Hall–Kier alpha value is -1.39. The number of nitrogens with zero attached hydrogens (tertiary/aromatic N) is 1. The van der Waals surface area contributed by atoms with E-state index in [1.165, 1.54) is 5.56 Å². The highest BCUT2D eigenvalue weighted by Crippen LogP contribution is 2.11. The Bertz CT molecular complexity index is 403. The molecular weight excluding hydrogens is 250 g/mol. The molecular formula is C16H27N3O. The van der Waals surface area contributed by atoms with E-state index >= 15 is 0 Å². The van der Waals surface area contributed by atoms with Crippen LogP contribution in [0.5, 0.6) is 0 Å². The smallest absolute Gasteiger partial charge is 0.226 e. The molecule has 0 spiro atoms. The molecule has 0 aliphatic rings. The van der Waals surface area contributed by atoms with Gasteiger partial charge >= 0.3 is 0 Å². The maximum absolute atomic E-state index is 11.8. The van der Waals surface area contributed by atoms with Crippen LogP contribution in [0.4, 0.5) is 0 Å². The van der Waals surface area contributed by atoms with Crippen LogP contribution < -0.4 is 11.1 Å². The molecule has 112 valence electrons. The van der Waals surface area contributed by atoms with Gasteiger partial charge in [-0.1, -0.05) is 30.3 Å². The van der Waals surface area contributed by atoms with Crippen molar-refractivity contribution in [3.05, 3.63) is 35.9 Å². The first kappa shape index (κ1) is 16.7. The lowest BCUT2D eigenvalue weighted by molar-refractivity contribution is -0.128.